The summed E-state index contributed by atoms with van der Waals surface area (Å²) in [5, 5.41) is 0. The summed E-state index contributed by atoms with van der Waals surface area (Å²) in [6, 6.07) is 6.39. The van der Waals surface area contributed by atoms with Crippen molar-refractivity contribution in [1.82, 2.24) is 0 Å². The molecular formula is C13H16O4S2. The minimum absolute atomic E-state index is 0.0435. The van der Waals surface area contributed by atoms with Gasteiger partial charge in [-0.05, 0) is 30.5 Å². The molecule has 0 aliphatic carbocycles. The lowest BCUT2D eigenvalue weighted by Gasteiger charge is -2.08. The molecule has 1 atom stereocenters. The van der Waals surface area contributed by atoms with Gasteiger partial charge in [-0.25, -0.2) is 8.42 Å². The summed E-state index contributed by atoms with van der Waals surface area (Å²) in [7, 11) is -1.90. The van der Waals surface area contributed by atoms with Crippen molar-refractivity contribution >= 4 is 21.6 Å². The van der Waals surface area contributed by atoms with Gasteiger partial charge in [-0.2, -0.15) is 11.8 Å². The smallest absolute Gasteiger partial charge is 0.205 e. The highest BCUT2D eigenvalue weighted by Crippen LogP contribution is 2.30. The van der Waals surface area contributed by atoms with E-state index in [1.165, 1.54) is 6.26 Å². The summed E-state index contributed by atoms with van der Waals surface area (Å²) in [5.74, 6) is 1.42. The molecular weight excluding hydrogens is 284 g/mol. The molecule has 1 aromatic carbocycles. The normalized spacial score (nSPS) is 18.8. The zero-order chi connectivity index (χ0) is 13.9. The fraction of sp³-hybridized carbons (Fsp3) is 0.385. The van der Waals surface area contributed by atoms with Crippen LogP contribution in [-0.2, 0) is 14.6 Å². The summed E-state index contributed by atoms with van der Waals surface area (Å²) in [6.07, 6.45) is 3.74. The maximum atomic E-state index is 12.4. The number of methoxy groups -OCH3 is 1. The Hall–Kier alpha value is -1.14. The van der Waals surface area contributed by atoms with Crippen molar-refractivity contribution in [3.8, 4) is 5.75 Å². The van der Waals surface area contributed by atoms with Gasteiger partial charge in [0, 0.05) is 12.2 Å². The minimum atomic E-state index is -3.44. The Bertz CT molecular complexity index is 561. The zero-order valence-electron chi connectivity index (χ0n) is 10.8. The lowest BCUT2D eigenvalue weighted by atomic mass is 10.3. The van der Waals surface area contributed by atoms with Crippen LogP contribution in [0.15, 0.2) is 40.3 Å². The van der Waals surface area contributed by atoms with Crippen molar-refractivity contribution in [2.24, 2.45) is 0 Å². The SMILES string of the molecule is COc1ccc(S(=O)(=O)C2=COC(CSC)C2)cc1. The van der Waals surface area contributed by atoms with E-state index in [1.807, 2.05) is 6.26 Å². The molecule has 0 spiro atoms. The van der Waals surface area contributed by atoms with Gasteiger partial charge in [0.15, 0.2) is 0 Å². The average molecular weight is 300 g/mol. The lowest BCUT2D eigenvalue weighted by Crippen LogP contribution is -2.11. The van der Waals surface area contributed by atoms with E-state index in [4.69, 9.17) is 9.47 Å². The molecule has 0 saturated carbocycles. The molecule has 104 valence electrons. The van der Waals surface area contributed by atoms with Crippen LogP contribution in [0.3, 0.4) is 0 Å². The van der Waals surface area contributed by atoms with Crippen LogP contribution in [0.25, 0.3) is 0 Å². The Kier molecular flexibility index (Phi) is 4.42. The van der Waals surface area contributed by atoms with E-state index in [0.29, 0.717) is 17.1 Å². The van der Waals surface area contributed by atoms with Gasteiger partial charge in [0.25, 0.3) is 0 Å². The number of ether oxygens (including phenoxy) is 2. The van der Waals surface area contributed by atoms with Gasteiger partial charge in [-0.3, -0.25) is 0 Å². The van der Waals surface area contributed by atoms with E-state index >= 15 is 0 Å². The van der Waals surface area contributed by atoms with E-state index in [0.717, 1.165) is 5.75 Å². The fourth-order valence-corrected chi connectivity index (χ4v) is 3.81. The first kappa shape index (κ1) is 14.3. The Balaban J connectivity index is 2.18. The Morgan fingerprint density at radius 2 is 2.05 bits per heavy atom. The highest BCUT2D eigenvalue weighted by atomic mass is 32.2. The van der Waals surface area contributed by atoms with Crippen LogP contribution < -0.4 is 4.74 Å². The molecule has 0 bridgehead atoms. The molecule has 1 heterocycles. The van der Waals surface area contributed by atoms with E-state index < -0.39 is 9.84 Å². The van der Waals surface area contributed by atoms with Crippen LogP contribution in [-0.4, -0.2) is 33.6 Å². The molecule has 0 radical (unpaired) electrons. The number of rotatable bonds is 5. The van der Waals surface area contributed by atoms with E-state index in [-0.39, 0.29) is 11.0 Å². The second kappa shape index (κ2) is 5.88. The van der Waals surface area contributed by atoms with Crippen LogP contribution >= 0.6 is 11.8 Å². The average Bonchev–Trinajstić information content (AvgIpc) is 2.89. The van der Waals surface area contributed by atoms with E-state index in [2.05, 4.69) is 0 Å². The highest BCUT2D eigenvalue weighted by molar-refractivity contribution is 7.98. The van der Waals surface area contributed by atoms with Crippen LogP contribution in [0.1, 0.15) is 6.42 Å². The first-order chi connectivity index (χ1) is 9.07. The molecule has 1 aliphatic heterocycles. The van der Waals surface area contributed by atoms with Crippen molar-refractivity contribution in [3.63, 3.8) is 0 Å². The topological polar surface area (TPSA) is 52.6 Å². The molecule has 1 aliphatic rings. The van der Waals surface area contributed by atoms with Crippen LogP contribution in [0.2, 0.25) is 0 Å². The molecule has 0 aromatic heterocycles. The number of benzene rings is 1. The van der Waals surface area contributed by atoms with Gasteiger partial charge >= 0.3 is 0 Å². The van der Waals surface area contributed by atoms with Crippen LogP contribution in [0.4, 0.5) is 0 Å². The van der Waals surface area contributed by atoms with Crippen molar-refractivity contribution in [3.05, 3.63) is 35.4 Å². The molecule has 1 aromatic rings. The van der Waals surface area contributed by atoms with Crippen molar-refractivity contribution < 1.29 is 17.9 Å². The predicted molar refractivity (Wildman–Crippen MR) is 76.1 cm³/mol. The molecule has 1 unspecified atom stereocenters. The minimum Gasteiger partial charge on any atom is -0.497 e. The monoisotopic (exact) mass is 300 g/mol. The second-order valence-corrected chi connectivity index (χ2v) is 7.09. The number of sulfone groups is 1. The third-order valence-corrected chi connectivity index (χ3v) is 5.44. The highest BCUT2D eigenvalue weighted by Gasteiger charge is 2.29. The summed E-state index contributed by atoms with van der Waals surface area (Å²) in [5.41, 5.74) is 0. The molecule has 6 heteroatoms. The first-order valence-electron chi connectivity index (χ1n) is 5.80. The molecule has 0 N–H and O–H groups in total. The largest absolute Gasteiger partial charge is 0.497 e. The second-order valence-electron chi connectivity index (χ2n) is 4.18. The molecule has 0 fully saturated rings. The van der Waals surface area contributed by atoms with Gasteiger partial charge in [0.1, 0.15) is 11.9 Å². The summed E-state index contributed by atoms with van der Waals surface area (Å²) in [4.78, 5) is 0.615. The maximum absolute atomic E-state index is 12.4. The zero-order valence-corrected chi connectivity index (χ0v) is 12.5. The van der Waals surface area contributed by atoms with Crippen molar-refractivity contribution in [2.45, 2.75) is 17.4 Å². The Labute approximate surface area is 117 Å². The summed E-state index contributed by atoms with van der Waals surface area (Å²) < 4.78 is 35.2. The van der Waals surface area contributed by atoms with Gasteiger partial charge in [-0.1, -0.05) is 0 Å². The third-order valence-electron chi connectivity index (χ3n) is 2.89. The number of hydrogen-bond acceptors (Lipinski definition) is 5. The Morgan fingerprint density at radius 3 is 2.63 bits per heavy atom. The third kappa shape index (κ3) is 3.06. The van der Waals surface area contributed by atoms with Crippen molar-refractivity contribution in [1.29, 1.82) is 0 Å². The van der Waals surface area contributed by atoms with Gasteiger partial charge < -0.3 is 9.47 Å². The summed E-state index contributed by atoms with van der Waals surface area (Å²) in [6.45, 7) is 0. The van der Waals surface area contributed by atoms with E-state index in [9.17, 15) is 8.42 Å². The standard InChI is InChI=1S/C13H16O4S2/c1-16-10-3-5-12(6-4-10)19(14,15)13-7-11(9-18-2)17-8-13/h3-6,8,11H,7,9H2,1-2H3. The van der Waals surface area contributed by atoms with Crippen LogP contribution in [0.5, 0.6) is 5.75 Å². The van der Waals surface area contributed by atoms with Gasteiger partial charge in [0.05, 0.1) is 23.2 Å². The van der Waals surface area contributed by atoms with Crippen molar-refractivity contribution in [2.75, 3.05) is 19.1 Å². The molecule has 2 rings (SSSR count). The molecule has 0 saturated heterocycles. The number of thioether (sulfide) groups is 1. The van der Waals surface area contributed by atoms with E-state index in [1.54, 1.807) is 43.1 Å². The van der Waals surface area contributed by atoms with Gasteiger partial charge in [-0.15, -0.1) is 0 Å². The molecule has 19 heavy (non-hydrogen) atoms. The van der Waals surface area contributed by atoms with Gasteiger partial charge in [0.2, 0.25) is 9.84 Å². The lowest BCUT2D eigenvalue weighted by molar-refractivity contribution is 0.193. The van der Waals surface area contributed by atoms with Crippen LogP contribution in [0, 0.1) is 0 Å². The summed E-state index contributed by atoms with van der Waals surface area (Å²) >= 11 is 1.64. The first-order valence-corrected chi connectivity index (χ1v) is 8.68. The maximum Gasteiger partial charge on any atom is 0.205 e. The molecule has 4 nitrogen and oxygen atoms in total. The Morgan fingerprint density at radius 1 is 1.37 bits per heavy atom. The molecule has 0 amide bonds. The number of hydrogen-bond donors (Lipinski definition) is 0. The predicted octanol–water partition coefficient (Wildman–Crippen LogP) is 2.46. The fourth-order valence-electron chi connectivity index (χ4n) is 1.86. The quantitative estimate of drug-likeness (QED) is 0.836.